The highest BCUT2D eigenvalue weighted by atomic mass is 15.2. The molecule has 0 aliphatic carbocycles. The average Bonchev–Trinajstić information content (AvgIpc) is 2.32. The highest BCUT2D eigenvalue weighted by molar-refractivity contribution is 5.94. The van der Waals surface area contributed by atoms with Crippen molar-refractivity contribution in [3.05, 3.63) is 23.8 Å². The quantitative estimate of drug-likeness (QED) is 0.557. The molecule has 0 bridgehead atoms. The van der Waals surface area contributed by atoms with E-state index in [4.69, 9.17) is 17.2 Å². The number of hydrogen-bond donors (Lipinski definition) is 3. The second-order valence-electron chi connectivity index (χ2n) is 4.17. The maximum atomic E-state index is 5.69. The molecule has 0 unspecified atom stereocenters. The van der Waals surface area contributed by atoms with Crippen LogP contribution in [0.3, 0.4) is 0 Å². The van der Waals surface area contributed by atoms with Crippen molar-refractivity contribution in [3.8, 4) is 0 Å². The summed E-state index contributed by atoms with van der Waals surface area (Å²) >= 11 is 0. The smallest absolute Gasteiger partial charge is 0.223 e. The van der Waals surface area contributed by atoms with Gasteiger partial charge in [-0.1, -0.05) is 6.07 Å². The topological polar surface area (TPSA) is 106 Å². The van der Waals surface area contributed by atoms with Crippen molar-refractivity contribution < 1.29 is 0 Å². The normalized spacial score (nSPS) is 11.2. The molecule has 1 rings (SSSR count). The van der Waals surface area contributed by atoms with Gasteiger partial charge in [0.25, 0.3) is 0 Å². The number of benzene rings is 1. The number of rotatable bonds is 4. The van der Waals surface area contributed by atoms with Crippen LogP contribution >= 0.6 is 0 Å². The molecule has 0 saturated heterocycles. The van der Waals surface area contributed by atoms with Crippen LogP contribution in [0.5, 0.6) is 0 Å². The Morgan fingerprint density at radius 3 is 2.32 bits per heavy atom. The lowest BCUT2D eigenvalue weighted by Crippen LogP contribution is -2.26. The van der Waals surface area contributed by atoms with Crippen LogP contribution in [0.4, 0.5) is 11.4 Å². The van der Waals surface area contributed by atoms with Gasteiger partial charge in [0, 0.05) is 13.1 Å². The summed E-state index contributed by atoms with van der Waals surface area (Å²) in [6, 6.07) is 6.04. The van der Waals surface area contributed by atoms with Gasteiger partial charge in [0.15, 0.2) is 5.96 Å². The van der Waals surface area contributed by atoms with Gasteiger partial charge in [-0.05, 0) is 38.5 Å². The van der Waals surface area contributed by atoms with Crippen molar-refractivity contribution in [1.29, 1.82) is 0 Å². The lowest BCUT2D eigenvalue weighted by molar-refractivity contribution is 0.866. The minimum Gasteiger partial charge on any atom is -0.370 e. The Bertz CT molecular complexity index is 484. The first-order valence-electron chi connectivity index (χ1n) is 6.27. The first-order chi connectivity index (χ1) is 8.97. The molecule has 0 aromatic heterocycles. The SMILES string of the molecule is CCN(CC)c1ccc(C)cc1N=C(N)N=C(N)N. The molecule has 0 amide bonds. The summed E-state index contributed by atoms with van der Waals surface area (Å²) in [5.41, 5.74) is 19.2. The highest BCUT2D eigenvalue weighted by Crippen LogP contribution is 2.29. The van der Waals surface area contributed by atoms with Crippen LogP contribution in [-0.2, 0) is 0 Å². The van der Waals surface area contributed by atoms with Gasteiger partial charge in [-0.2, -0.15) is 4.99 Å². The van der Waals surface area contributed by atoms with Crippen LogP contribution in [0.25, 0.3) is 0 Å². The molecule has 0 aliphatic rings. The number of anilines is 1. The van der Waals surface area contributed by atoms with Gasteiger partial charge in [-0.3, -0.25) is 0 Å². The van der Waals surface area contributed by atoms with E-state index in [0.717, 1.165) is 30.0 Å². The Labute approximate surface area is 114 Å². The minimum absolute atomic E-state index is 0.0546. The lowest BCUT2D eigenvalue weighted by atomic mass is 10.1. The summed E-state index contributed by atoms with van der Waals surface area (Å²) in [5, 5.41) is 0. The Balaban J connectivity index is 3.25. The summed E-state index contributed by atoms with van der Waals surface area (Å²) in [7, 11) is 0. The molecule has 0 fully saturated rings. The Kier molecular flexibility index (Phi) is 5.17. The third-order valence-corrected chi connectivity index (χ3v) is 2.71. The van der Waals surface area contributed by atoms with Gasteiger partial charge in [0.1, 0.15) is 0 Å². The van der Waals surface area contributed by atoms with Crippen molar-refractivity contribution in [2.45, 2.75) is 20.8 Å². The summed E-state index contributed by atoms with van der Waals surface area (Å²) in [6.07, 6.45) is 0. The second kappa shape index (κ2) is 6.63. The van der Waals surface area contributed by atoms with Gasteiger partial charge >= 0.3 is 0 Å². The lowest BCUT2D eigenvalue weighted by Gasteiger charge is -2.23. The van der Waals surface area contributed by atoms with Crippen molar-refractivity contribution in [1.82, 2.24) is 0 Å². The molecule has 1 aromatic carbocycles. The fourth-order valence-electron chi connectivity index (χ4n) is 1.84. The minimum atomic E-state index is -0.0988. The molecule has 0 aliphatic heterocycles. The molecule has 0 radical (unpaired) electrons. The van der Waals surface area contributed by atoms with Crippen LogP contribution in [0.15, 0.2) is 28.2 Å². The number of nitrogens with two attached hydrogens (primary N) is 3. The second-order valence-corrected chi connectivity index (χ2v) is 4.17. The van der Waals surface area contributed by atoms with Crippen molar-refractivity contribution in [2.24, 2.45) is 27.2 Å². The van der Waals surface area contributed by atoms with Crippen LogP contribution < -0.4 is 22.1 Å². The molecule has 19 heavy (non-hydrogen) atoms. The largest absolute Gasteiger partial charge is 0.370 e. The van der Waals surface area contributed by atoms with Gasteiger partial charge in [-0.15, -0.1) is 0 Å². The van der Waals surface area contributed by atoms with E-state index in [9.17, 15) is 0 Å². The standard InChI is InChI=1S/C13H22N6/c1-4-19(5-2)11-7-6-9(3)8-10(11)17-13(16)18-12(14)15/h6-8H,4-5H2,1-3H3,(H6,14,15,16,17,18). The Hall–Kier alpha value is -2.24. The molecule has 1 aromatic rings. The third-order valence-electron chi connectivity index (χ3n) is 2.71. The predicted octanol–water partition coefficient (Wildman–Crippen LogP) is 1.06. The van der Waals surface area contributed by atoms with Crippen molar-refractivity contribution in [2.75, 3.05) is 18.0 Å². The molecule has 0 saturated carbocycles. The van der Waals surface area contributed by atoms with Crippen LogP contribution in [0, 0.1) is 6.92 Å². The molecular weight excluding hydrogens is 240 g/mol. The van der Waals surface area contributed by atoms with E-state index in [-0.39, 0.29) is 11.9 Å². The summed E-state index contributed by atoms with van der Waals surface area (Å²) < 4.78 is 0. The number of aryl methyl sites for hydroxylation is 1. The molecule has 6 heteroatoms. The fraction of sp³-hybridized carbons (Fsp3) is 0.385. The number of aliphatic imine (C=N–C) groups is 2. The van der Waals surface area contributed by atoms with Crippen molar-refractivity contribution in [3.63, 3.8) is 0 Å². The third kappa shape index (κ3) is 4.17. The predicted molar refractivity (Wildman–Crippen MR) is 81.8 cm³/mol. The van der Waals surface area contributed by atoms with Crippen LogP contribution in [0.2, 0.25) is 0 Å². The number of nitrogens with zero attached hydrogens (tertiary/aromatic N) is 3. The highest BCUT2D eigenvalue weighted by Gasteiger charge is 2.08. The van der Waals surface area contributed by atoms with E-state index in [0.29, 0.717) is 0 Å². The van der Waals surface area contributed by atoms with E-state index in [1.807, 2.05) is 25.1 Å². The monoisotopic (exact) mass is 262 g/mol. The zero-order chi connectivity index (χ0) is 14.4. The van der Waals surface area contributed by atoms with E-state index < -0.39 is 0 Å². The molecule has 6 N–H and O–H groups in total. The molecule has 0 spiro atoms. The van der Waals surface area contributed by atoms with Gasteiger partial charge in [-0.25, -0.2) is 4.99 Å². The molecule has 6 nitrogen and oxygen atoms in total. The molecule has 0 atom stereocenters. The number of guanidine groups is 2. The maximum Gasteiger partial charge on any atom is 0.223 e. The van der Waals surface area contributed by atoms with Crippen LogP contribution in [0.1, 0.15) is 19.4 Å². The molecular formula is C13H22N6. The summed E-state index contributed by atoms with van der Waals surface area (Å²) in [6.45, 7) is 7.98. The Morgan fingerprint density at radius 2 is 1.79 bits per heavy atom. The van der Waals surface area contributed by atoms with E-state index in [2.05, 4.69) is 28.7 Å². The van der Waals surface area contributed by atoms with E-state index in [1.165, 1.54) is 0 Å². The first kappa shape index (κ1) is 14.8. The average molecular weight is 262 g/mol. The van der Waals surface area contributed by atoms with E-state index in [1.54, 1.807) is 0 Å². The first-order valence-corrected chi connectivity index (χ1v) is 6.27. The maximum absolute atomic E-state index is 5.69. The van der Waals surface area contributed by atoms with E-state index >= 15 is 0 Å². The number of hydrogen-bond acceptors (Lipinski definition) is 2. The van der Waals surface area contributed by atoms with Crippen molar-refractivity contribution >= 4 is 23.3 Å². The Morgan fingerprint density at radius 1 is 1.16 bits per heavy atom. The van der Waals surface area contributed by atoms with Gasteiger partial charge in [0.05, 0.1) is 11.4 Å². The summed E-state index contributed by atoms with van der Waals surface area (Å²) in [5.74, 6) is -0.0442. The van der Waals surface area contributed by atoms with Gasteiger partial charge in [0.2, 0.25) is 5.96 Å². The fourth-order valence-corrected chi connectivity index (χ4v) is 1.84. The van der Waals surface area contributed by atoms with Gasteiger partial charge < -0.3 is 22.1 Å². The summed E-state index contributed by atoms with van der Waals surface area (Å²) in [4.78, 5) is 10.2. The molecule has 104 valence electrons. The van der Waals surface area contributed by atoms with Crippen LogP contribution in [-0.4, -0.2) is 25.0 Å². The molecule has 0 heterocycles. The zero-order valence-corrected chi connectivity index (χ0v) is 11.7. The zero-order valence-electron chi connectivity index (χ0n) is 11.7.